The molecule has 1 heterocycles. The Morgan fingerprint density at radius 2 is 1.57 bits per heavy atom. The van der Waals surface area contributed by atoms with E-state index in [2.05, 4.69) is 10.3 Å². The second-order valence-corrected chi connectivity index (χ2v) is 8.11. The van der Waals surface area contributed by atoms with Crippen molar-refractivity contribution in [3.8, 4) is 5.75 Å². The van der Waals surface area contributed by atoms with E-state index in [9.17, 15) is 8.42 Å². The minimum absolute atomic E-state index is 0.114. The van der Waals surface area contributed by atoms with Crippen molar-refractivity contribution in [3.63, 3.8) is 0 Å². The van der Waals surface area contributed by atoms with Crippen LogP contribution in [0.1, 0.15) is 0 Å². The number of rotatable bonds is 5. The molecule has 0 saturated heterocycles. The van der Waals surface area contributed by atoms with E-state index in [1.807, 2.05) is 36.4 Å². The van der Waals surface area contributed by atoms with Crippen LogP contribution in [0.4, 0.5) is 11.4 Å². The molecule has 0 radical (unpaired) electrons. The molecule has 0 fully saturated rings. The van der Waals surface area contributed by atoms with Crippen LogP contribution in [-0.4, -0.2) is 20.5 Å². The maximum absolute atomic E-state index is 13.3. The fourth-order valence-electron chi connectivity index (χ4n) is 3.01. The summed E-state index contributed by atoms with van der Waals surface area (Å²) in [4.78, 5) is 4.71. The topological polar surface area (TPSA) is 68.3 Å². The quantitative estimate of drug-likeness (QED) is 0.529. The fourth-order valence-corrected chi connectivity index (χ4v) is 4.40. The summed E-state index contributed by atoms with van der Waals surface area (Å²) in [5, 5.41) is 3.93. The van der Waals surface area contributed by atoms with Crippen LogP contribution in [0.2, 0.25) is 0 Å². The third-order valence-corrected chi connectivity index (χ3v) is 6.21. The molecule has 0 aliphatic rings. The number of benzene rings is 3. The molecule has 140 valence electrons. The average molecular weight is 390 g/mol. The van der Waals surface area contributed by atoms with Gasteiger partial charge in [-0.25, -0.2) is 8.42 Å². The van der Waals surface area contributed by atoms with Gasteiger partial charge in [0.1, 0.15) is 10.6 Å². The highest BCUT2D eigenvalue weighted by Crippen LogP contribution is 2.36. The predicted molar refractivity (Wildman–Crippen MR) is 110 cm³/mol. The third kappa shape index (κ3) is 3.30. The largest absolute Gasteiger partial charge is 0.497 e. The lowest BCUT2D eigenvalue weighted by molar-refractivity contribution is 0.415. The molecule has 3 aromatic carbocycles. The summed E-state index contributed by atoms with van der Waals surface area (Å²) in [6, 6.07) is 23.2. The third-order valence-electron chi connectivity index (χ3n) is 4.43. The first-order valence-corrected chi connectivity index (χ1v) is 10.2. The smallest absolute Gasteiger partial charge is 0.210 e. The molecule has 0 bridgehead atoms. The Morgan fingerprint density at radius 1 is 0.893 bits per heavy atom. The minimum Gasteiger partial charge on any atom is -0.497 e. The second-order valence-electron chi connectivity index (χ2n) is 6.19. The molecule has 0 atom stereocenters. The summed E-state index contributed by atoms with van der Waals surface area (Å²) in [7, 11) is -2.19. The molecule has 4 rings (SSSR count). The van der Waals surface area contributed by atoms with E-state index in [4.69, 9.17) is 4.74 Å². The molecule has 5 nitrogen and oxygen atoms in total. The number of fused-ring (bicyclic) bond motifs is 1. The molecule has 0 aliphatic carbocycles. The standard InChI is InChI=1S/C22H18N2O3S/c1-27-17-12-13-20-19(14-17)22(24-16-8-4-2-5-9-16)21(15-23-20)28(25,26)18-10-6-3-7-11-18/h2-15H,1H3,(H,23,24). The van der Waals surface area contributed by atoms with E-state index < -0.39 is 9.84 Å². The number of para-hydroxylation sites is 1. The van der Waals surface area contributed by atoms with Crippen molar-refractivity contribution in [3.05, 3.63) is 85.1 Å². The van der Waals surface area contributed by atoms with Crippen LogP contribution in [0.25, 0.3) is 10.9 Å². The van der Waals surface area contributed by atoms with Gasteiger partial charge in [-0.3, -0.25) is 4.98 Å². The SMILES string of the molecule is COc1ccc2ncc(S(=O)(=O)c3ccccc3)c(Nc3ccccc3)c2c1. The lowest BCUT2D eigenvalue weighted by Gasteiger charge is -2.16. The van der Waals surface area contributed by atoms with Crippen LogP contribution in [0.15, 0.2) is 94.9 Å². The molecule has 0 aliphatic heterocycles. The zero-order chi connectivity index (χ0) is 19.6. The van der Waals surface area contributed by atoms with Gasteiger partial charge >= 0.3 is 0 Å². The number of hydrogen-bond acceptors (Lipinski definition) is 5. The van der Waals surface area contributed by atoms with E-state index in [-0.39, 0.29) is 9.79 Å². The van der Waals surface area contributed by atoms with Gasteiger partial charge < -0.3 is 10.1 Å². The van der Waals surface area contributed by atoms with Crippen LogP contribution < -0.4 is 10.1 Å². The first-order chi connectivity index (χ1) is 13.6. The van der Waals surface area contributed by atoms with Crippen LogP contribution in [0, 0.1) is 0 Å². The van der Waals surface area contributed by atoms with Crippen molar-refractivity contribution in [2.24, 2.45) is 0 Å². The molecular formula is C22H18N2O3S. The van der Waals surface area contributed by atoms with E-state index in [0.717, 1.165) is 5.69 Å². The van der Waals surface area contributed by atoms with E-state index in [0.29, 0.717) is 22.3 Å². The Labute approximate surface area is 163 Å². The number of hydrogen-bond donors (Lipinski definition) is 1. The number of ether oxygens (including phenoxy) is 1. The van der Waals surface area contributed by atoms with Gasteiger partial charge in [0.15, 0.2) is 0 Å². The highest BCUT2D eigenvalue weighted by molar-refractivity contribution is 7.91. The Morgan fingerprint density at radius 3 is 2.25 bits per heavy atom. The molecule has 0 unspecified atom stereocenters. The van der Waals surface area contributed by atoms with Crippen LogP contribution in [-0.2, 0) is 9.84 Å². The first-order valence-electron chi connectivity index (χ1n) is 8.68. The van der Waals surface area contributed by atoms with Gasteiger partial charge in [0.25, 0.3) is 0 Å². The monoisotopic (exact) mass is 390 g/mol. The Balaban J connectivity index is 1.99. The number of pyridine rings is 1. The second kappa shape index (κ2) is 7.32. The van der Waals surface area contributed by atoms with Crippen molar-refractivity contribution in [2.75, 3.05) is 12.4 Å². The van der Waals surface area contributed by atoms with E-state index >= 15 is 0 Å². The number of sulfone groups is 1. The van der Waals surface area contributed by atoms with Gasteiger partial charge in [-0.05, 0) is 42.5 Å². The van der Waals surface area contributed by atoms with E-state index in [1.165, 1.54) is 6.20 Å². The molecule has 1 N–H and O–H groups in total. The molecule has 6 heteroatoms. The van der Waals surface area contributed by atoms with Crippen molar-refractivity contribution in [2.45, 2.75) is 9.79 Å². The maximum atomic E-state index is 13.3. The summed E-state index contributed by atoms with van der Waals surface area (Å²) in [6.07, 6.45) is 1.41. The van der Waals surface area contributed by atoms with Crippen LogP contribution >= 0.6 is 0 Å². The highest BCUT2D eigenvalue weighted by Gasteiger charge is 2.24. The van der Waals surface area contributed by atoms with Crippen molar-refractivity contribution in [1.29, 1.82) is 0 Å². The normalized spacial score (nSPS) is 11.3. The lowest BCUT2D eigenvalue weighted by atomic mass is 10.1. The van der Waals surface area contributed by atoms with Crippen molar-refractivity contribution >= 4 is 32.1 Å². The summed E-state index contributed by atoms with van der Waals surface area (Å²) in [5.74, 6) is 0.625. The van der Waals surface area contributed by atoms with Gasteiger partial charge in [0.05, 0.1) is 23.2 Å². The predicted octanol–water partition coefficient (Wildman–Crippen LogP) is 4.82. The van der Waals surface area contributed by atoms with Crippen LogP contribution in [0.5, 0.6) is 5.75 Å². The minimum atomic E-state index is -3.77. The number of methoxy groups -OCH3 is 1. The van der Waals surface area contributed by atoms with Gasteiger partial charge in [-0.15, -0.1) is 0 Å². The summed E-state index contributed by atoms with van der Waals surface area (Å²) in [5.41, 5.74) is 1.92. The molecule has 4 aromatic rings. The van der Waals surface area contributed by atoms with E-state index in [1.54, 1.807) is 49.6 Å². The molecule has 28 heavy (non-hydrogen) atoms. The zero-order valence-corrected chi connectivity index (χ0v) is 16.0. The molecule has 1 aromatic heterocycles. The van der Waals surface area contributed by atoms with Crippen molar-refractivity contribution in [1.82, 2.24) is 4.98 Å². The summed E-state index contributed by atoms with van der Waals surface area (Å²) in [6.45, 7) is 0. The van der Waals surface area contributed by atoms with Gasteiger partial charge in [0.2, 0.25) is 9.84 Å². The first kappa shape index (κ1) is 18.0. The average Bonchev–Trinajstić information content (AvgIpc) is 2.75. The molecule has 0 saturated carbocycles. The Bertz CT molecular complexity index is 1220. The van der Waals surface area contributed by atoms with Crippen LogP contribution in [0.3, 0.4) is 0 Å². The van der Waals surface area contributed by atoms with Gasteiger partial charge in [-0.2, -0.15) is 0 Å². The van der Waals surface area contributed by atoms with Crippen molar-refractivity contribution < 1.29 is 13.2 Å². The molecule has 0 amide bonds. The highest BCUT2D eigenvalue weighted by atomic mass is 32.2. The maximum Gasteiger partial charge on any atom is 0.210 e. The van der Waals surface area contributed by atoms with Gasteiger partial charge in [-0.1, -0.05) is 36.4 Å². The molecular weight excluding hydrogens is 372 g/mol. The Kier molecular flexibility index (Phi) is 4.71. The number of nitrogens with zero attached hydrogens (tertiary/aromatic N) is 1. The number of anilines is 2. The summed E-state index contributed by atoms with van der Waals surface area (Å²) >= 11 is 0. The van der Waals surface area contributed by atoms with Gasteiger partial charge in [0, 0.05) is 17.3 Å². The number of nitrogens with one attached hydrogen (secondary N) is 1. The number of aromatic nitrogens is 1. The summed E-state index contributed by atoms with van der Waals surface area (Å²) < 4.78 is 32.0. The lowest BCUT2D eigenvalue weighted by Crippen LogP contribution is -2.07. The zero-order valence-electron chi connectivity index (χ0n) is 15.2. The molecule has 0 spiro atoms. The Hall–Kier alpha value is -3.38. The fraction of sp³-hybridized carbons (Fsp3) is 0.0455.